The van der Waals surface area contributed by atoms with E-state index in [-0.39, 0.29) is 24.9 Å². The van der Waals surface area contributed by atoms with E-state index in [0.717, 1.165) is 61.8 Å². The topological polar surface area (TPSA) is 60.7 Å². The van der Waals surface area contributed by atoms with E-state index in [0.29, 0.717) is 22.2 Å². The Morgan fingerprint density at radius 3 is 2.43 bits per heavy atom. The first-order valence-electron chi connectivity index (χ1n) is 12.5. The summed E-state index contributed by atoms with van der Waals surface area (Å²) in [4.78, 5) is 17.5. The molecule has 37 heavy (non-hydrogen) atoms. The minimum absolute atomic E-state index is 0. The molecule has 1 saturated heterocycles. The first-order chi connectivity index (χ1) is 17.4. The monoisotopic (exact) mass is 564 g/mol. The fourth-order valence-electron chi connectivity index (χ4n) is 4.81. The maximum absolute atomic E-state index is 13.0. The number of aliphatic hydroxyl groups excluding tert-OH is 1. The van der Waals surface area contributed by atoms with Gasteiger partial charge in [-0.15, -0.1) is 12.4 Å². The fourth-order valence-corrected chi connectivity index (χ4v) is 5.23. The number of aromatic nitrogens is 1. The van der Waals surface area contributed by atoms with Crippen molar-refractivity contribution in [2.24, 2.45) is 0 Å². The predicted octanol–water partition coefficient (Wildman–Crippen LogP) is 5.52. The van der Waals surface area contributed by atoms with Crippen molar-refractivity contribution in [2.75, 3.05) is 44.2 Å². The highest BCUT2D eigenvalue weighted by atomic mass is 35.5. The number of aliphatic hydroxyl groups is 1. The number of nitrogens with zero attached hydrogens (tertiary/aromatic N) is 3. The van der Waals surface area contributed by atoms with Gasteiger partial charge in [-0.2, -0.15) is 0 Å². The second-order valence-electron chi connectivity index (χ2n) is 9.27. The highest BCUT2D eigenvalue weighted by molar-refractivity contribution is 6.43. The lowest BCUT2D eigenvalue weighted by molar-refractivity contribution is 0.0851. The Morgan fingerprint density at radius 1 is 1.05 bits per heavy atom. The lowest BCUT2D eigenvalue weighted by Gasteiger charge is -2.37. The highest BCUT2D eigenvalue weighted by Gasteiger charge is 2.23. The molecule has 2 heterocycles. The van der Waals surface area contributed by atoms with Crippen molar-refractivity contribution < 1.29 is 9.90 Å². The number of benzene rings is 2. The zero-order chi connectivity index (χ0) is 25.7. The lowest BCUT2D eigenvalue weighted by atomic mass is 10.1. The molecule has 6 nitrogen and oxygen atoms in total. The van der Waals surface area contributed by atoms with E-state index >= 15 is 0 Å². The molecule has 1 unspecified atom stereocenters. The average molecular weight is 566 g/mol. The van der Waals surface area contributed by atoms with E-state index in [1.54, 1.807) is 6.07 Å². The van der Waals surface area contributed by atoms with Gasteiger partial charge in [-0.3, -0.25) is 9.69 Å². The number of carbonyl (C=O) groups excluding carboxylic acids is 1. The molecule has 0 bridgehead atoms. The van der Waals surface area contributed by atoms with Crippen molar-refractivity contribution in [1.29, 1.82) is 0 Å². The van der Waals surface area contributed by atoms with E-state index in [1.807, 2.05) is 43.3 Å². The lowest BCUT2D eigenvalue weighted by Crippen LogP contribution is -2.50. The predicted molar refractivity (Wildman–Crippen MR) is 156 cm³/mol. The molecule has 2 N–H and O–H groups in total. The second kappa shape index (κ2) is 13.5. The molecule has 0 saturated carbocycles. The van der Waals surface area contributed by atoms with E-state index in [4.69, 9.17) is 23.2 Å². The molecule has 1 fully saturated rings. The Kier molecular flexibility index (Phi) is 10.7. The molecule has 0 radical (unpaired) electrons. The summed E-state index contributed by atoms with van der Waals surface area (Å²) in [6.07, 6.45) is 0.327. The van der Waals surface area contributed by atoms with E-state index < -0.39 is 6.10 Å². The molecule has 200 valence electrons. The van der Waals surface area contributed by atoms with Crippen LogP contribution in [0.5, 0.6) is 0 Å². The summed E-state index contributed by atoms with van der Waals surface area (Å²) in [7, 11) is 0. The minimum Gasteiger partial charge on any atom is -0.390 e. The van der Waals surface area contributed by atoms with Gasteiger partial charge in [0.1, 0.15) is 0 Å². The standard InChI is InChI=1S/C28H34Cl2N4O2.ClH/c1-3-12-34-20(2)23(17-26(34)21-8-5-4-6-9-21)28(36)31-18-22(35)19-32-13-15-33(16-14-32)25-11-7-10-24(29)27(25)30;/h4-11,17,22,35H,3,12-16,18-19H2,1-2H3,(H,31,36);1H. The first-order valence-corrected chi connectivity index (χ1v) is 13.3. The van der Waals surface area contributed by atoms with Crippen LogP contribution in [0, 0.1) is 6.92 Å². The summed E-state index contributed by atoms with van der Waals surface area (Å²) in [5, 5.41) is 14.7. The first kappa shape index (κ1) is 29.3. The van der Waals surface area contributed by atoms with Gasteiger partial charge < -0.3 is 19.9 Å². The third-order valence-corrected chi connectivity index (χ3v) is 7.55. The minimum atomic E-state index is -0.651. The van der Waals surface area contributed by atoms with Crippen LogP contribution in [-0.4, -0.2) is 65.9 Å². The largest absolute Gasteiger partial charge is 0.390 e. The molecule has 1 aromatic heterocycles. The summed E-state index contributed by atoms with van der Waals surface area (Å²) >= 11 is 12.5. The van der Waals surface area contributed by atoms with Gasteiger partial charge in [0, 0.05) is 57.2 Å². The van der Waals surface area contributed by atoms with Crippen LogP contribution in [-0.2, 0) is 6.54 Å². The molecule has 0 spiro atoms. The number of hydrogen-bond donors (Lipinski definition) is 2. The Balaban J connectivity index is 0.00000380. The van der Waals surface area contributed by atoms with Crippen LogP contribution < -0.4 is 10.2 Å². The van der Waals surface area contributed by atoms with Crippen LogP contribution in [0.3, 0.4) is 0 Å². The third-order valence-electron chi connectivity index (χ3n) is 6.74. The average Bonchev–Trinajstić information content (AvgIpc) is 3.21. The molecular weight excluding hydrogens is 531 g/mol. The number of anilines is 1. The zero-order valence-corrected chi connectivity index (χ0v) is 23.6. The quantitative estimate of drug-likeness (QED) is 0.359. The number of carbonyl (C=O) groups is 1. The Morgan fingerprint density at radius 2 is 1.76 bits per heavy atom. The molecule has 9 heteroatoms. The number of hydrogen-bond acceptors (Lipinski definition) is 4. The Labute approximate surface area is 235 Å². The summed E-state index contributed by atoms with van der Waals surface area (Å²) in [5.74, 6) is -0.154. The molecule has 2 aromatic carbocycles. The number of piperazine rings is 1. The smallest absolute Gasteiger partial charge is 0.253 e. The van der Waals surface area contributed by atoms with Crippen molar-refractivity contribution in [3.05, 3.63) is 75.9 Å². The molecule has 1 atom stereocenters. The maximum atomic E-state index is 13.0. The van der Waals surface area contributed by atoms with Crippen LogP contribution in [0.15, 0.2) is 54.6 Å². The molecule has 1 aliphatic heterocycles. The Bertz CT molecular complexity index is 1180. The van der Waals surface area contributed by atoms with Gasteiger partial charge in [-0.25, -0.2) is 0 Å². The van der Waals surface area contributed by atoms with Gasteiger partial charge in [-0.05, 0) is 37.1 Å². The van der Waals surface area contributed by atoms with Crippen LogP contribution in [0.4, 0.5) is 5.69 Å². The van der Waals surface area contributed by atoms with Gasteiger partial charge >= 0.3 is 0 Å². The van der Waals surface area contributed by atoms with Crippen LogP contribution >= 0.6 is 35.6 Å². The number of halogens is 3. The van der Waals surface area contributed by atoms with Crippen LogP contribution in [0.2, 0.25) is 10.0 Å². The summed E-state index contributed by atoms with van der Waals surface area (Å²) in [6, 6.07) is 17.8. The van der Waals surface area contributed by atoms with E-state index in [2.05, 4.69) is 38.7 Å². The van der Waals surface area contributed by atoms with Crippen molar-refractivity contribution in [1.82, 2.24) is 14.8 Å². The number of β-amino-alcohol motifs (C(OH)–C–C–N with tert-alkyl or cyclic N) is 1. The normalized spacial score (nSPS) is 14.8. The van der Waals surface area contributed by atoms with Crippen molar-refractivity contribution >= 4 is 47.2 Å². The molecule has 0 aliphatic carbocycles. The number of nitrogens with one attached hydrogen (secondary N) is 1. The van der Waals surface area contributed by atoms with Gasteiger partial charge in [0.05, 0.1) is 27.4 Å². The third kappa shape index (κ3) is 7.01. The van der Waals surface area contributed by atoms with Gasteiger partial charge in [0.2, 0.25) is 0 Å². The van der Waals surface area contributed by atoms with Crippen molar-refractivity contribution in [2.45, 2.75) is 32.9 Å². The number of amides is 1. The second-order valence-corrected chi connectivity index (χ2v) is 10.1. The highest BCUT2D eigenvalue weighted by Crippen LogP contribution is 2.33. The summed E-state index contributed by atoms with van der Waals surface area (Å²) in [6.45, 7) is 8.86. The number of rotatable bonds is 9. The van der Waals surface area contributed by atoms with Crippen molar-refractivity contribution in [3.8, 4) is 11.3 Å². The van der Waals surface area contributed by atoms with Gasteiger partial charge in [-0.1, -0.05) is 66.5 Å². The molecule has 4 rings (SSSR count). The molecule has 1 aliphatic rings. The SMILES string of the molecule is CCCn1c(-c2ccccc2)cc(C(=O)NCC(O)CN2CCN(c3cccc(Cl)c3Cl)CC2)c1C.Cl. The van der Waals surface area contributed by atoms with Crippen LogP contribution in [0.1, 0.15) is 29.4 Å². The summed E-state index contributed by atoms with van der Waals surface area (Å²) in [5.41, 5.74) is 4.67. The molecule has 3 aromatic rings. The Hall–Kier alpha value is -2.22. The summed E-state index contributed by atoms with van der Waals surface area (Å²) < 4.78 is 2.20. The molecule has 1 amide bonds. The van der Waals surface area contributed by atoms with Gasteiger partial charge in [0.15, 0.2) is 0 Å². The molecular formula is C28H35Cl3N4O2. The zero-order valence-electron chi connectivity index (χ0n) is 21.3. The van der Waals surface area contributed by atoms with Gasteiger partial charge in [0.25, 0.3) is 5.91 Å². The van der Waals surface area contributed by atoms with Crippen molar-refractivity contribution in [3.63, 3.8) is 0 Å². The van der Waals surface area contributed by atoms with Crippen LogP contribution in [0.25, 0.3) is 11.3 Å². The van der Waals surface area contributed by atoms with E-state index in [9.17, 15) is 9.90 Å². The van der Waals surface area contributed by atoms with E-state index in [1.165, 1.54) is 0 Å². The maximum Gasteiger partial charge on any atom is 0.253 e. The fraction of sp³-hybridized carbons (Fsp3) is 0.393.